The number of aromatic nitrogens is 2. The molecule has 0 unspecified atom stereocenters. The van der Waals surface area contributed by atoms with Crippen molar-refractivity contribution in [2.24, 2.45) is 0 Å². The van der Waals surface area contributed by atoms with Crippen LogP contribution in [0, 0.1) is 13.8 Å². The number of sulfone groups is 1. The van der Waals surface area contributed by atoms with Gasteiger partial charge >= 0.3 is 0 Å². The molecule has 0 spiro atoms. The van der Waals surface area contributed by atoms with Gasteiger partial charge in [-0.25, -0.2) is 13.4 Å². The standard InChI is InChI=1S/C24H27N3O4S/c1-16-8-11-19(12-9-16)32(30,31)21-14-27(15-22(28)26-18-6-4-3-5-7-18)24-20(23(21)29)13-10-17(2)25-24/h8-14,18H,3-7,15H2,1-2H3,(H,26,28). The van der Waals surface area contributed by atoms with Crippen LogP contribution >= 0.6 is 0 Å². The fourth-order valence-corrected chi connectivity index (χ4v) is 5.53. The molecule has 0 bridgehead atoms. The van der Waals surface area contributed by atoms with Crippen LogP contribution in [0.2, 0.25) is 0 Å². The maximum absolute atomic E-state index is 13.3. The fraction of sp³-hybridized carbons (Fsp3) is 0.375. The van der Waals surface area contributed by atoms with Gasteiger partial charge in [-0.15, -0.1) is 0 Å². The lowest BCUT2D eigenvalue weighted by atomic mass is 9.95. The molecule has 32 heavy (non-hydrogen) atoms. The van der Waals surface area contributed by atoms with Gasteiger partial charge in [0, 0.05) is 17.9 Å². The van der Waals surface area contributed by atoms with Gasteiger partial charge in [0.1, 0.15) is 17.1 Å². The van der Waals surface area contributed by atoms with E-state index in [4.69, 9.17) is 0 Å². The number of carbonyl (C=O) groups excluding carboxylic acids is 1. The van der Waals surface area contributed by atoms with E-state index in [1.54, 1.807) is 31.2 Å². The zero-order chi connectivity index (χ0) is 22.9. The van der Waals surface area contributed by atoms with E-state index in [1.165, 1.54) is 29.3 Å². The van der Waals surface area contributed by atoms with Crippen molar-refractivity contribution >= 4 is 26.8 Å². The number of hydrogen-bond acceptors (Lipinski definition) is 5. The first-order valence-corrected chi connectivity index (χ1v) is 12.4. The van der Waals surface area contributed by atoms with E-state index in [-0.39, 0.29) is 33.7 Å². The lowest BCUT2D eigenvalue weighted by Crippen LogP contribution is -2.38. The highest BCUT2D eigenvalue weighted by molar-refractivity contribution is 7.91. The molecule has 1 fully saturated rings. The van der Waals surface area contributed by atoms with Crippen LogP contribution in [0.25, 0.3) is 11.0 Å². The molecule has 1 aliphatic carbocycles. The largest absolute Gasteiger partial charge is 0.352 e. The minimum absolute atomic E-state index is 0.0397. The van der Waals surface area contributed by atoms with E-state index >= 15 is 0 Å². The minimum atomic E-state index is -4.07. The highest BCUT2D eigenvalue weighted by atomic mass is 32.2. The van der Waals surface area contributed by atoms with Crippen LogP contribution < -0.4 is 10.7 Å². The quantitative estimate of drug-likeness (QED) is 0.639. The van der Waals surface area contributed by atoms with Crippen LogP contribution in [0.15, 0.2) is 57.2 Å². The van der Waals surface area contributed by atoms with E-state index in [0.29, 0.717) is 11.3 Å². The first-order chi connectivity index (χ1) is 15.3. The predicted molar refractivity (Wildman–Crippen MR) is 122 cm³/mol. The van der Waals surface area contributed by atoms with E-state index in [9.17, 15) is 18.0 Å². The highest BCUT2D eigenvalue weighted by Gasteiger charge is 2.25. The number of pyridine rings is 2. The van der Waals surface area contributed by atoms with Crippen LogP contribution in [0.4, 0.5) is 0 Å². The molecular weight excluding hydrogens is 426 g/mol. The molecule has 1 aliphatic rings. The minimum Gasteiger partial charge on any atom is -0.352 e. The van der Waals surface area contributed by atoms with Crippen molar-refractivity contribution in [1.82, 2.24) is 14.9 Å². The molecule has 7 nitrogen and oxygen atoms in total. The smallest absolute Gasteiger partial charge is 0.240 e. The molecule has 0 aliphatic heterocycles. The summed E-state index contributed by atoms with van der Waals surface area (Å²) in [5, 5.41) is 3.22. The van der Waals surface area contributed by atoms with Gasteiger partial charge in [0.25, 0.3) is 0 Å². The fourth-order valence-electron chi connectivity index (χ4n) is 4.16. The van der Waals surface area contributed by atoms with Crippen LogP contribution in [-0.2, 0) is 21.2 Å². The summed E-state index contributed by atoms with van der Waals surface area (Å²) >= 11 is 0. The van der Waals surface area contributed by atoms with Crippen molar-refractivity contribution < 1.29 is 13.2 Å². The molecule has 0 atom stereocenters. The molecule has 1 saturated carbocycles. The Morgan fingerprint density at radius 1 is 1.06 bits per heavy atom. The lowest BCUT2D eigenvalue weighted by Gasteiger charge is -2.23. The molecular formula is C24H27N3O4S. The molecule has 168 valence electrons. The highest BCUT2D eigenvalue weighted by Crippen LogP contribution is 2.22. The Morgan fingerprint density at radius 2 is 1.75 bits per heavy atom. The van der Waals surface area contributed by atoms with E-state index in [1.807, 2.05) is 6.92 Å². The van der Waals surface area contributed by atoms with Gasteiger partial charge in [-0.3, -0.25) is 9.59 Å². The van der Waals surface area contributed by atoms with Gasteiger partial charge in [0.2, 0.25) is 21.2 Å². The molecule has 1 amide bonds. The van der Waals surface area contributed by atoms with Gasteiger partial charge < -0.3 is 9.88 Å². The molecule has 0 saturated heterocycles. The number of benzene rings is 1. The van der Waals surface area contributed by atoms with Crippen LogP contribution in [0.5, 0.6) is 0 Å². The normalized spacial score (nSPS) is 15.1. The summed E-state index contributed by atoms with van der Waals surface area (Å²) in [4.78, 5) is 30.0. The second-order valence-electron chi connectivity index (χ2n) is 8.49. The third-order valence-electron chi connectivity index (χ3n) is 5.93. The Balaban J connectivity index is 1.78. The lowest BCUT2D eigenvalue weighted by molar-refractivity contribution is -0.122. The summed E-state index contributed by atoms with van der Waals surface area (Å²) in [5.41, 5.74) is 1.28. The first kappa shape index (κ1) is 22.2. The average molecular weight is 454 g/mol. The second kappa shape index (κ2) is 8.86. The number of nitrogens with one attached hydrogen (secondary N) is 1. The zero-order valence-corrected chi connectivity index (χ0v) is 19.1. The van der Waals surface area contributed by atoms with Gasteiger partial charge in [0.05, 0.1) is 10.3 Å². The van der Waals surface area contributed by atoms with Gasteiger partial charge in [-0.2, -0.15) is 0 Å². The Labute approximate surface area is 187 Å². The third kappa shape index (κ3) is 4.46. The van der Waals surface area contributed by atoms with Crippen molar-refractivity contribution in [3.63, 3.8) is 0 Å². The third-order valence-corrected chi connectivity index (χ3v) is 7.70. The molecule has 4 rings (SSSR count). The summed E-state index contributed by atoms with van der Waals surface area (Å²) < 4.78 is 28.1. The van der Waals surface area contributed by atoms with E-state index in [2.05, 4.69) is 10.3 Å². The number of rotatable bonds is 5. The molecule has 0 radical (unpaired) electrons. The Bertz CT molecular complexity index is 1320. The van der Waals surface area contributed by atoms with Gasteiger partial charge in [0.15, 0.2) is 0 Å². The maximum atomic E-state index is 13.3. The topological polar surface area (TPSA) is 98.1 Å². The number of hydrogen-bond donors (Lipinski definition) is 1. The van der Waals surface area contributed by atoms with Crippen molar-refractivity contribution in [3.8, 4) is 0 Å². The van der Waals surface area contributed by atoms with Crippen LogP contribution in [0.1, 0.15) is 43.4 Å². The van der Waals surface area contributed by atoms with Crippen molar-refractivity contribution in [2.45, 2.75) is 68.3 Å². The first-order valence-electron chi connectivity index (χ1n) is 10.9. The maximum Gasteiger partial charge on any atom is 0.240 e. The predicted octanol–water partition coefficient (Wildman–Crippen LogP) is 3.30. The molecule has 2 heterocycles. The molecule has 8 heteroatoms. The number of aryl methyl sites for hydroxylation is 2. The molecule has 2 aromatic heterocycles. The van der Waals surface area contributed by atoms with Crippen molar-refractivity contribution in [1.29, 1.82) is 0 Å². The van der Waals surface area contributed by atoms with Crippen molar-refractivity contribution in [3.05, 3.63) is 64.1 Å². The summed E-state index contributed by atoms with van der Waals surface area (Å²) in [7, 11) is -4.07. The Kier molecular flexibility index (Phi) is 6.15. The summed E-state index contributed by atoms with van der Waals surface area (Å²) in [6.07, 6.45) is 6.51. The monoisotopic (exact) mass is 453 g/mol. The summed E-state index contributed by atoms with van der Waals surface area (Å²) in [5.74, 6) is -0.219. The van der Waals surface area contributed by atoms with E-state index in [0.717, 1.165) is 31.2 Å². The summed E-state index contributed by atoms with van der Waals surface area (Å²) in [6, 6.07) is 9.72. The number of carbonyl (C=O) groups is 1. The van der Waals surface area contributed by atoms with Gasteiger partial charge in [-0.1, -0.05) is 37.0 Å². The van der Waals surface area contributed by atoms with Crippen LogP contribution in [-0.4, -0.2) is 29.9 Å². The van der Waals surface area contributed by atoms with E-state index < -0.39 is 15.3 Å². The number of nitrogens with zero attached hydrogens (tertiary/aromatic N) is 2. The summed E-state index contributed by atoms with van der Waals surface area (Å²) in [6.45, 7) is 3.53. The zero-order valence-electron chi connectivity index (χ0n) is 18.3. The number of fused-ring (bicyclic) bond motifs is 1. The molecule has 3 aromatic rings. The van der Waals surface area contributed by atoms with Gasteiger partial charge in [-0.05, 0) is 51.0 Å². The Hall–Kier alpha value is -3.00. The second-order valence-corrected chi connectivity index (χ2v) is 10.4. The Morgan fingerprint density at radius 3 is 2.44 bits per heavy atom. The van der Waals surface area contributed by atoms with Crippen molar-refractivity contribution in [2.75, 3.05) is 0 Å². The SMILES string of the molecule is Cc1ccc(S(=O)(=O)c2cn(CC(=O)NC3CCCCC3)c3nc(C)ccc3c2=O)cc1. The average Bonchev–Trinajstić information content (AvgIpc) is 2.76. The van der Waals surface area contributed by atoms with Crippen LogP contribution in [0.3, 0.4) is 0 Å². The molecule has 1 N–H and O–H groups in total. The molecule has 1 aromatic carbocycles. The number of amides is 1.